The molecule has 0 aliphatic rings. The van der Waals surface area contributed by atoms with Crippen molar-refractivity contribution in [3.63, 3.8) is 0 Å². The zero-order valence-corrected chi connectivity index (χ0v) is 10.4. The van der Waals surface area contributed by atoms with Crippen LogP contribution in [0.25, 0.3) is 0 Å². The Morgan fingerprint density at radius 2 is 2.00 bits per heavy atom. The first kappa shape index (κ1) is 14.9. The van der Waals surface area contributed by atoms with E-state index < -0.39 is 23.5 Å². The quantitative estimate of drug-likeness (QED) is 0.689. The molecule has 1 amide bonds. The van der Waals surface area contributed by atoms with Crippen molar-refractivity contribution in [2.75, 3.05) is 7.11 Å². The minimum absolute atomic E-state index is 0.404. The van der Waals surface area contributed by atoms with E-state index in [1.165, 1.54) is 7.11 Å². The minimum atomic E-state index is -1.01. The second kappa shape index (κ2) is 6.48. The number of amides is 1. The predicted molar refractivity (Wildman–Crippen MR) is 60.2 cm³/mol. The molecule has 0 aliphatic carbocycles. The molecule has 0 saturated carbocycles. The summed E-state index contributed by atoms with van der Waals surface area (Å²) in [7, 11) is 1.42. The van der Waals surface area contributed by atoms with Crippen LogP contribution in [0.2, 0.25) is 0 Å². The molecule has 94 valence electrons. The molecular formula is C11H21NO4. The average molecular weight is 231 g/mol. The number of rotatable bonds is 7. The molecule has 1 unspecified atom stereocenters. The molecule has 16 heavy (non-hydrogen) atoms. The first-order valence-corrected chi connectivity index (χ1v) is 5.44. The maximum absolute atomic E-state index is 11.7. The van der Waals surface area contributed by atoms with Gasteiger partial charge in [-0.1, -0.05) is 19.8 Å². The van der Waals surface area contributed by atoms with Crippen LogP contribution >= 0.6 is 0 Å². The van der Waals surface area contributed by atoms with Gasteiger partial charge in [-0.2, -0.15) is 0 Å². The van der Waals surface area contributed by atoms with E-state index in [1.54, 1.807) is 13.8 Å². The third kappa shape index (κ3) is 4.61. The van der Waals surface area contributed by atoms with Gasteiger partial charge in [0.15, 0.2) is 0 Å². The van der Waals surface area contributed by atoms with Crippen LogP contribution in [0.5, 0.6) is 0 Å². The number of ether oxygens (including phenoxy) is 1. The number of unbranched alkanes of at least 4 members (excludes halogenated alkanes) is 1. The average Bonchev–Trinajstić information content (AvgIpc) is 2.23. The summed E-state index contributed by atoms with van der Waals surface area (Å²) in [5.41, 5.74) is -1.00. The van der Waals surface area contributed by atoms with E-state index in [4.69, 9.17) is 9.84 Å². The molecular weight excluding hydrogens is 210 g/mol. The molecule has 0 fully saturated rings. The van der Waals surface area contributed by atoms with Crippen LogP contribution in [0.15, 0.2) is 0 Å². The van der Waals surface area contributed by atoms with Crippen molar-refractivity contribution in [1.29, 1.82) is 0 Å². The van der Waals surface area contributed by atoms with Crippen LogP contribution in [0.1, 0.15) is 40.0 Å². The van der Waals surface area contributed by atoms with E-state index in [1.807, 2.05) is 6.92 Å². The lowest BCUT2D eigenvalue weighted by molar-refractivity contribution is -0.147. The maximum Gasteiger partial charge on any atom is 0.326 e. The molecule has 0 bridgehead atoms. The molecule has 1 atom stereocenters. The fraction of sp³-hybridized carbons (Fsp3) is 0.818. The summed E-state index contributed by atoms with van der Waals surface area (Å²) in [5, 5.41) is 11.4. The molecule has 0 aliphatic heterocycles. The van der Waals surface area contributed by atoms with E-state index in [2.05, 4.69) is 5.32 Å². The van der Waals surface area contributed by atoms with Crippen molar-refractivity contribution in [1.82, 2.24) is 5.32 Å². The van der Waals surface area contributed by atoms with Crippen molar-refractivity contribution in [2.45, 2.75) is 51.7 Å². The van der Waals surface area contributed by atoms with E-state index in [9.17, 15) is 9.59 Å². The van der Waals surface area contributed by atoms with Gasteiger partial charge < -0.3 is 15.2 Å². The Kier molecular flexibility index (Phi) is 6.03. The Labute approximate surface area is 96.2 Å². The van der Waals surface area contributed by atoms with Crippen molar-refractivity contribution in [3.8, 4) is 0 Å². The van der Waals surface area contributed by atoms with Crippen LogP contribution in [0.3, 0.4) is 0 Å². The summed E-state index contributed by atoms with van der Waals surface area (Å²) in [4.78, 5) is 22.6. The Hall–Kier alpha value is -1.10. The lowest BCUT2D eigenvalue weighted by Crippen LogP contribution is -2.50. The first-order valence-electron chi connectivity index (χ1n) is 5.44. The van der Waals surface area contributed by atoms with E-state index in [0.717, 1.165) is 12.8 Å². The standard InChI is InChI=1S/C11H21NO4/c1-5-6-7-8(9(13)14)12-10(15)11(2,3)16-4/h8H,5-7H2,1-4H3,(H,12,15)(H,13,14). The monoisotopic (exact) mass is 231 g/mol. The number of hydrogen-bond acceptors (Lipinski definition) is 3. The first-order chi connectivity index (χ1) is 7.35. The zero-order chi connectivity index (χ0) is 12.8. The topological polar surface area (TPSA) is 75.6 Å². The fourth-order valence-corrected chi connectivity index (χ4v) is 1.09. The zero-order valence-electron chi connectivity index (χ0n) is 10.4. The lowest BCUT2D eigenvalue weighted by atomic mass is 10.1. The van der Waals surface area contributed by atoms with Crippen molar-refractivity contribution < 1.29 is 19.4 Å². The highest BCUT2D eigenvalue weighted by Gasteiger charge is 2.30. The molecule has 0 rings (SSSR count). The van der Waals surface area contributed by atoms with Gasteiger partial charge in [-0.15, -0.1) is 0 Å². The van der Waals surface area contributed by atoms with Gasteiger partial charge >= 0.3 is 5.97 Å². The molecule has 0 aromatic carbocycles. The number of hydrogen-bond donors (Lipinski definition) is 2. The van der Waals surface area contributed by atoms with Gasteiger partial charge in [0.05, 0.1) is 0 Å². The van der Waals surface area contributed by atoms with Gasteiger partial charge in [0, 0.05) is 7.11 Å². The highest BCUT2D eigenvalue weighted by molar-refractivity contribution is 5.88. The Morgan fingerprint density at radius 1 is 1.44 bits per heavy atom. The van der Waals surface area contributed by atoms with E-state index >= 15 is 0 Å². The van der Waals surface area contributed by atoms with Crippen LogP contribution < -0.4 is 5.32 Å². The number of carbonyl (C=O) groups excluding carboxylic acids is 1. The second-order valence-corrected chi connectivity index (χ2v) is 4.22. The maximum atomic E-state index is 11.7. The van der Waals surface area contributed by atoms with Gasteiger partial charge in [0.2, 0.25) is 0 Å². The normalized spacial score (nSPS) is 13.2. The molecule has 0 spiro atoms. The summed E-state index contributed by atoms with van der Waals surface area (Å²) in [5.74, 6) is -1.41. The van der Waals surface area contributed by atoms with Gasteiger partial charge in [0.25, 0.3) is 5.91 Å². The van der Waals surface area contributed by atoms with Gasteiger partial charge in [0.1, 0.15) is 11.6 Å². The highest BCUT2D eigenvalue weighted by atomic mass is 16.5. The molecule has 0 saturated heterocycles. The largest absolute Gasteiger partial charge is 0.480 e. The molecule has 0 aromatic heterocycles. The highest BCUT2D eigenvalue weighted by Crippen LogP contribution is 2.09. The molecule has 0 heterocycles. The number of aliphatic carboxylic acids is 1. The number of nitrogens with one attached hydrogen (secondary N) is 1. The lowest BCUT2D eigenvalue weighted by Gasteiger charge is -2.24. The summed E-state index contributed by atoms with van der Waals surface area (Å²) >= 11 is 0. The Morgan fingerprint density at radius 3 is 2.38 bits per heavy atom. The van der Waals surface area contributed by atoms with Crippen LogP contribution in [0, 0.1) is 0 Å². The second-order valence-electron chi connectivity index (χ2n) is 4.22. The summed E-state index contributed by atoms with van der Waals surface area (Å²) < 4.78 is 4.98. The summed E-state index contributed by atoms with van der Waals surface area (Å²) in [6.07, 6.45) is 2.11. The molecule has 5 nitrogen and oxygen atoms in total. The number of carboxylic acid groups (broad SMARTS) is 1. The van der Waals surface area contributed by atoms with E-state index in [-0.39, 0.29) is 0 Å². The number of carboxylic acids is 1. The smallest absolute Gasteiger partial charge is 0.326 e. The molecule has 0 radical (unpaired) electrons. The Bertz CT molecular complexity index is 250. The molecule has 0 aromatic rings. The summed E-state index contributed by atoms with van der Waals surface area (Å²) in [6.45, 7) is 5.17. The van der Waals surface area contributed by atoms with Gasteiger partial charge in [-0.25, -0.2) is 4.79 Å². The third-order valence-electron chi connectivity index (χ3n) is 2.51. The Balaban J connectivity index is 4.40. The predicted octanol–water partition coefficient (Wildman–Crippen LogP) is 1.17. The minimum Gasteiger partial charge on any atom is -0.480 e. The van der Waals surface area contributed by atoms with Crippen molar-refractivity contribution in [2.24, 2.45) is 0 Å². The number of methoxy groups -OCH3 is 1. The fourth-order valence-electron chi connectivity index (χ4n) is 1.09. The third-order valence-corrected chi connectivity index (χ3v) is 2.51. The van der Waals surface area contributed by atoms with E-state index in [0.29, 0.717) is 6.42 Å². The molecule has 2 N–H and O–H groups in total. The van der Waals surface area contributed by atoms with Crippen LogP contribution in [0.4, 0.5) is 0 Å². The van der Waals surface area contributed by atoms with Crippen LogP contribution in [-0.4, -0.2) is 35.7 Å². The SMILES string of the molecule is CCCCC(NC(=O)C(C)(C)OC)C(=O)O. The van der Waals surface area contributed by atoms with Crippen LogP contribution in [-0.2, 0) is 14.3 Å². The van der Waals surface area contributed by atoms with Crippen molar-refractivity contribution in [3.05, 3.63) is 0 Å². The van der Waals surface area contributed by atoms with Gasteiger partial charge in [-0.3, -0.25) is 4.79 Å². The van der Waals surface area contributed by atoms with Gasteiger partial charge in [-0.05, 0) is 20.3 Å². The number of carbonyl (C=O) groups is 2. The molecule has 5 heteroatoms. The summed E-state index contributed by atoms with van der Waals surface area (Å²) in [6, 6.07) is -0.832. The van der Waals surface area contributed by atoms with Crippen molar-refractivity contribution >= 4 is 11.9 Å².